The molecule has 0 bridgehead atoms. The number of carbonyl (C=O) groups excluding carboxylic acids is 2. The highest BCUT2D eigenvalue weighted by molar-refractivity contribution is 5.71. The van der Waals surface area contributed by atoms with Gasteiger partial charge in [-0.15, -0.1) is 0 Å². The average Bonchev–Trinajstić information content (AvgIpc) is 2.59. The van der Waals surface area contributed by atoms with Gasteiger partial charge in [0, 0.05) is 12.8 Å². The van der Waals surface area contributed by atoms with E-state index >= 15 is 0 Å². The quantitative estimate of drug-likeness (QED) is 0.0211. The van der Waals surface area contributed by atoms with Gasteiger partial charge in [-0.05, 0) is 89.9 Å². The van der Waals surface area contributed by atoms with E-state index in [0.29, 0.717) is 17.4 Å². The summed E-state index contributed by atoms with van der Waals surface area (Å²) in [5.74, 6) is -1.98. The van der Waals surface area contributed by atoms with E-state index in [0.717, 1.165) is 77.0 Å². The van der Waals surface area contributed by atoms with Crippen molar-refractivity contribution in [1.29, 1.82) is 0 Å². The van der Waals surface area contributed by atoms with Crippen molar-refractivity contribution < 1.29 is 42.9 Å². The van der Waals surface area contributed by atoms with Gasteiger partial charge in [0.25, 0.3) is 6.29 Å². The minimum Gasteiger partial charge on any atom is -0.477 e. The third-order valence-corrected chi connectivity index (χ3v) is 18.6. The van der Waals surface area contributed by atoms with Gasteiger partial charge in [-0.1, -0.05) is 381 Å². The van der Waals surface area contributed by atoms with Crippen LogP contribution in [0.4, 0.5) is 0 Å². The highest BCUT2D eigenvalue weighted by Gasteiger charge is 2.25. The third-order valence-electron chi connectivity index (χ3n) is 18.6. The number of hydrogen-bond donors (Lipinski definition) is 1. The molecule has 97 heavy (non-hydrogen) atoms. The monoisotopic (exact) mass is 1360 g/mol. The maximum atomic E-state index is 13.0. The Bertz CT molecular complexity index is 1870. The van der Waals surface area contributed by atoms with Crippen molar-refractivity contribution in [3.8, 4) is 0 Å². The van der Waals surface area contributed by atoms with Crippen molar-refractivity contribution in [3.05, 3.63) is 85.1 Å². The van der Waals surface area contributed by atoms with Crippen LogP contribution in [-0.2, 0) is 33.3 Å². The second-order valence-electron chi connectivity index (χ2n) is 29.4. The molecule has 564 valence electrons. The van der Waals surface area contributed by atoms with Gasteiger partial charge in [-0.3, -0.25) is 9.59 Å². The first-order valence-corrected chi connectivity index (χ1v) is 41.8. The van der Waals surface area contributed by atoms with E-state index in [4.69, 9.17) is 18.9 Å². The molecule has 1 N–H and O–H groups in total. The minimum absolute atomic E-state index is 0.180. The molecule has 0 aromatic carbocycles. The number of hydrogen-bond acceptors (Lipinski definition) is 7. The summed E-state index contributed by atoms with van der Waals surface area (Å²) in [7, 11) is 5.99. The number of unbranched alkanes of at least 4 members (excludes halogenated alkanes) is 49. The van der Waals surface area contributed by atoms with Gasteiger partial charge in [0.15, 0.2) is 6.10 Å². The lowest BCUT2D eigenvalue weighted by Crippen LogP contribution is -2.40. The zero-order valence-electron chi connectivity index (χ0n) is 64.7. The van der Waals surface area contributed by atoms with Crippen LogP contribution in [0, 0.1) is 0 Å². The van der Waals surface area contributed by atoms with Gasteiger partial charge < -0.3 is 28.5 Å². The lowest BCUT2D eigenvalue weighted by atomic mass is 10.0. The second kappa shape index (κ2) is 78.2. The molecule has 0 heterocycles. The zero-order valence-corrected chi connectivity index (χ0v) is 64.7. The Morgan fingerprint density at radius 1 is 0.320 bits per heavy atom. The number of aliphatic carboxylic acids is 1. The summed E-state index contributed by atoms with van der Waals surface area (Å²) in [5.41, 5.74) is 0. The molecule has 0 aliphatic rings. The summed E-state index contributed by atoms with van der Waals surface area (Å²) >= 11 is 0. The molecule has 0 amide bonds. The summed E-state index contributed by atoms with van der Waals surface area (Å²) in [5, 5.41) is 9.78. The number of carboxylic acid groups (broad SMARTS) is 1. The van der Waals surface area contributed by atoms with E-state index in [9.17, 15) is 19.5 Å². The highest BCUT2D eigenvalue weighted by atomic mass is 16.7. The standard InChI is InChI=1S/C88H159NO8/c1-6-8-10-12-14-16-18-20-22-24-26-28-30-32-34-36-38-40-41-42-43-44-45-47-48-50-52-54-56-58-60-62-64-66-68-70-72-74-76-78-85(90)95-82-84(83-96-88(87(92)93)94-81-80-89(3,4)5)97-86(91)79-77-75-73-71-69-67-65-63-61-59-57-55-53-51-49-46-39-37-35-33-31-29-27-25-23-21-19-17-15-13-11-9-7-2/h9,11,15,17,21,23-24,26-27,29,33,35,39,46,84,88H,6-8,10,12-14,16,18-20,22,25,28,30-32,34,36-38,40-45,47-83H2,1-5H3/p+1/b11-9-,17-15-,23-21-,26-24-,29-27-,35-33-,46-39-. The lowest BCUT2D eigenvalue weighted by molar-refractivity contribution is -0.870. The molecule has 0 radical (unpaired) electrons. The van der Waals surface area contributed by atoms with Crippen LogP contribution in [0.25, 0.3) is 0 Å². The Morgan fingerprint density at radius 2 is 0.588 bits per heavy atom. The molecule has 0 rings (SSSR count). The van der Waals surface area contributed by atoms with E-state index in [1.54, 1.807) is 0 Å². The topological polar surface area (TPSA) is 108 Å². The van der Waals surface area contributed by atoms with Gasteiger partial charge in [0.05, 0.1) is 34.4 Å². The Kier molecular flexibility index (Phi) is 75.3. The first kappa shape index (κ1) is 93.5. The summed E-state index contributed by atoms with van der Waals surface area (Å²) in [6.45, 7) is 4.82. The van der Waals surface area contributed by atoms with E-state index in [1.165, 1.54) is 295 Å². The maximum absolute atomic E-state index is 13.0. The van der Waals surface area contributed by atoms with Gasteiger partial charge in [0.1, 0.15) is 13.2 Å². The molecule has 0 spiro atoms. The fraction of sp³-hybridized carbons (Fsp3) is 0.807. The molecule has 9 heteroatoms. The number of rotatable bonds is 78. The summed E-state index contributed by atoms with van der Waals surface area (Å²) in [6, 6.07) is 0. The van der Waals surface area contributed by atoms with E-state index in [1.807, 2.05) is 21.1 Å². The van der Waals surface area contributed by atoms with Crippen molar-refractivity contribution in [2.75, 3.05) is 47.5 Å². The average molecular weight is 1360 g/mol. The fourth-order valence-corrected chi connectivity index (χ4v) is 12.3. The van der Waals surface area contributed by atoms with Crippen LogP contribution in [0.5, 0.6) is 0 Å². The third kappa shape index (κ3) is 79.7. The molecule has 0 saturated heterocycles. The van der Waals surface area contributed by atoms with Crippen LogP contribution in [0.2, 0.25) is 0 Å². The van der Waals surface area contributed by atoms with Crippen molar-refractivity contribution >= 4 is 17.9 Å². The molecular weight excluding hydrogens is 1200 g/mol. The van der Waals surface area contributed by atoms with Crippen molar-refractivity contribution in [3.63, 3.8) is 0 Å². The first-order chi connectivity index (χ1) is 47.6. The molecule has 0 aliphatic heterocycles. The SMILES string of the molecule is CC/C=C\C/C=C\C/C=C\C/C=C\C/C=C\C/C=C\CCCCCCCCCCCCCCCCC(=O)OC(COC(=O)CCCCCCCCCCCCCCCCCCCCCCCCCCCCC/C=C\CCCCCCCCCC)COC(OCC[N+](C)(C)C)C(=O)O. The van der Waals surface area contributed by atoms with Crippen LogP contribution in [-0.4, -0.2) is 87.4 Å². The molecule has 0 aromatic heterocycles. The fourth-order valence-electron chi connectivity index (χ4n) is 12.3. The number of allylic oxidation sites excluding steroid dienone is 14. The number of quaternary nitrogens is 1. The van der Waals surface area contributed by atoms with Gasteiger partial charge in [0.2, 0.25) is 0 Å². The van der Waals surface area contributed by atoms with E-state index in [-0.39, 0.29) is 32.2 Å². The molecule has 0 saturated carbocycles. The maximum Gasteiger partial charge on any atom is 0.361 e. The largest absolute Gasteiger partial charge is 0.477 e. The van der Waals surface area contributed by atoms with E-state index in [2.05, 4.69) is 98.9 Å². The van der Waals surface area contributed by atoms with Crippen molar-refractivity contribution in [2.45, 2.75) is 411 Å². The molecule has 9 nitrogen and oxygen atoms in total. The molecule has 2 unspecified atom stereocenters. The summed E-state index contributed by atoms with van der Waals surface area (Å²) < 4.78 is 23.1. The number of carbonyl (C=O) groups is 3. The van der Waals surface area contributed by atoms with Gasteiger partial charge in [-0.25, -0.2) is 4.79 Å². The Balaban J connectivity index is 3.96. The normalized spacial score (nSPS) is 13.0. The van der Waals surface area contributed by atoms with Gasteiger partial charge >= 0.3 is 17.9 Å². The Hall–Kier alpha value is -3.53. The summed E-state index contributed by atoms with van der Waals surface area (Å²) in [4.78, 5) is 37.8. The van der Waals surface area contributed by atoms with Crippen molar-refractivity contribution in [1.82, 2.24) is 0 Å². The van der Waals surface area contributed by atoms with Crippen LogP contribution in [0.3, 0.4) is 0 Å². The second-order valence-corrected chi connectivity index (χ2v) is 29.4. The Labute approximate surface area is 601 Å². The predicted octanol–water partition coefficient (Wildman–Crippen LogP) is 26.9. The Morgan fingerprint density at radius 3 is 0.887 bits per heavy atom. The molecule has 2 atom stereocenters. The molecule has 0 aromatic rings. The zero-order chi connectivity index (χ0) is 70.4. The van der Waals surface area contributed by atoms with Crippen LogP contribution in [0.1, 0.15) is 399 Å². The number of carboxylic acids is 1. The molecular formula is C88H160NO8+. The van der Waals surface area contributed by atoms with Crippen LogP contribution in [0.15, 0.2) is 85.1 Å². The molecule has 0 fully saturated rings. The van der Waals surface area contributed by atoms with Crippen LogP contribution < -0.4 is 0 Å². The predicted molar refractivity (Wildman–Crippen MR) is 419 cm³/mol. The number of likely N-dealkylation sites (N-methyl/N-ethyl adjacent to an activating group) is 1. The molecule has 0 aliphatic carbocycles. The highest BCUT2D eigenvalue weighted by Crippen LogP contribution is 2.20. The first-order valence-electron chi connectivity index (χ1n) is 41.8. The van der Waals surface area contributed by atoms with Crippen molar-refractivity contribution in [2.24, 2.45) is 0 Å². The number of esters is 2. The smallest absolute Gasteiger partial charge is 0.361 e. The summed E-state index contributed by atoms with van der Waals surface area (Å²) in [6.07, 6.45) is 105. The minimum atomic E-state index is -1.51. The van der Waals surface area contributed by atoms with E-state index < -0.39 is 24.3 Å². The lowest BCUT2D eigenvalue weighted by Gasteiger charge is -2.25. The van der Waals surface area contributed by atoms with Gasteiger partial charge in [-0.2, -0.15) is 0 Å². The number of ether oxygens (including phenoxy) is 4. The number of nitrogens with zero attached hydrogens (tertiary/aromatic N) is 1. The van der Waals surface area contributed by atoms with Crippen LogP contribution >= 0.6 is 0 Å².